The maximum Gasteiger partial charge on any atom is 0.223 e. The summed E-state index contributed by atoms with van der Waals surface area (Å²) in [6.45, 7) is 0. The van der Waals surface area contributed by atoms with Gasteiger partial charge in [0, 0.05) is 38.6 Å². The molecule has 0 aliphatic carbocycles. The number of hydrogen-bond acceptors (Lipinski definition) is 6. The van der Waals surface area contributed by atoms with E-state index in [4.69, 9.17) is 5.73 Å². The molecule has 2 rings (SSSR count). The molecule has 1 aromatic heterocycles. The van der Waals surface area contributed by atoms with Crippen LogP contribution in [-0.4, -0.2) is 31.1 Å². The largest absolute Gasteiger partial charge is 0.378 e. The van der Waals surface area contributed by atoms with Gasteiger partial charge >= 0.3 is 0 Å². The summed E-state index contributed by atoms with van der Waals surface area (Å²) in [7, 11) is 5.79. The van der Waals surface area contributed by atoms with E-state index in [9.17, 15) is 0 Å². The number of nitrogens with one attached hydrogen (secondary N) is 2. The van der Waals surface area contributed by atoms with E-state index in [1.54, 1.807) is 13.1 Å². The van der Waals surface area contributed by atoms with Crippen LogP contribution < -0.4 is 21.3 Å². The Hall–Kier alpha value is -2.50. The van der Waals surface area contributed by atoms with Crippen LogP contribution in [0.1, 0.15) is 0 Å². The Morgan fingerprint density at radius 2 is 1.84 bits per heavy atom. The first-order chi connectivity index (χ1) is 9.08. The number of nitrogens with zero attached hydrogens (tertiary/aromatic N) is 3. The van der Waals surface area contributed by atoms with Gasteiger partial charge in [-0.2, -0.15) is 9.97 Å². The summed E-state index contributed by atoms with van der Waals surface area (Å²) >= 11 is 0. The lowest BCUT2D eigenvalue weighted by Gasteiger charge is -2.14. The summed E-state index contributed by atoms with van der Waals surface area (Å²) in [6, 6.07) is 9.85. The lowest BCUT2D eigenvalue weighted by atomic mass is 10.2. The van der Waals surface area contributed by atoms with Crippen LogP contribution in [0.2, 0.25) is 0 Å². The normalized spacial score (nSPS) is 10.1. The average Bonchev–Trinajstić information content (AvgIpc) is 2.38. The molecule has 1 aromatic carbocycles. The van der Waals surface area contributed by atoms with Crippen molar-refractivity contribution in [1.29, 1.82) is 0 Å². The number of hydrogen-bond donors (Lipinski definition) is 3. The molecule has 0 saturated carbocycles. The maximum atomic E-state index is 5.66. The van der Waals surface area contributed by atoms with Crippen molar-refractivity contribution in [3.63, 3.8) is 0 Å². The molecule has 4 N–H and O–H groups in total. The van der Waals surface area contributed by atoms with Crippen molar-refractivity contribution in [3.8, 4) is 0 Å². The molecule has 0 bridgehead atoms. The number of rotatable bonds is 4. The van der Waals surface area contributed by atoms with Crippen LogP contribution in [-0.2, 0) is 0 Å². The highest BCUT2D eigenvalue weighted by atomic mass is 15.1. The highest BCUT2D eigenvalue weighted by Crippen LogP contribution is 2.22. The van der Waals surface area contributed by atoms with Gasteiger partial charge in [0.2, 0.25) is 5.95 Å². The van der Waals surface area contributed by atoms with E-state index in [0.29, 0.717) is 11.6 Å². The molecule has 0 saturated heterocycles. The van der Waals surface area contributed by atoms with Crippen molar-refractivity contribution in [1.82, 2.24) is 9.97 Å². The predicted molar refractivity (Wildman–Crippen MR) is 80.0 cm³/mol. The molecule has 100 valence electrons. The summed E-state index contributed by atoms with van der Waals surface area (Å²) in [5, 5.41) is 6.16. The van der Waals surface area contributed by atoms with Crippen LogP contribution in [0, 0.1) is 0 Å². The Morgan fingerprint density at radius 3 is 2.53 bits per heavy atom. The van der Waals surface area contributed by atoms with Gasteiger partial charge in [-0.1, -0.05) is 6.07 Å². The molecular formula is C13H18N6. The summed E-state index contributed by atoms with van der Waals surface area (Å²) in [5.41, 5.74) is 7.72. The molecular weight excluding hydrogens is 240 g/mol. The molecule has 0 radical (unpaired) electrons. The monoisotopic (exact) mass is 258 g/mol. The Balaban J connectivity index is 2.25. The van der Waals surface area contributed by atoms with Gasteiger partial charge in [-0.05, 0) is 18.2 Å². The Labute approximate surface area is 112 Å². The highest BCUT2D eigenvalue weighted by Gasteiger charge is 2.03. The first kappa shape index (κ1) is 12.9. The van der Waals surface area contributed by atoms with Crippen LogP contribution in [0.25, 0.3) is 0 Å². The smallest absolute Gasteiger partial charge is 0.223 e. The van der Waals surface area contributed by atoms with Crippen molar-refractivity contribution >= 4 is 29.0 Å². The zero-order valence-corrected chi connectivity index (χ0v) is 11.3. The van der Waals surface area contributed by atoms with Crippen molar-refractivity contribution in [2.45, 2.75) is 0 Å². The van der Waals surface area contributed by atoms with Gasteiger partial charge < -0.3 is 21.3 Å². The van der Waals surface area contributed by atoms with Crippen LogP contribution in [0.15, 0.2) is 30.3 Å². The third-order valence-corrected chi connectivity index (χ3v) is 2.63. The molecule has 1 heterocycles. The van der Waals surface area contributed by atoms with Gasteiger partial charge in [0.05, 0.1) is 0 Å². The molecule has 0 amide bonds. The second kappa shape index (κ2) is 5.43. The van der Waals surface area contributed by atoms with Crippen molar-refractivity contribution in [2.75, 3.05) is 42.4 Å². The van der Waals surface area contributed by atoms with Crippen molar-refractivity contribution in [2.24, 2.45) is 0 Å². The first-order valence-electron chi connectivity index (χ1n) is 5.95. The van der Waals surface area contributed by atoms with E-state index in [1.807, 2.05) is 43.3 Å². The van der Waals surface area contributed by atoms with E-state index in [2.05, 4.69) is 20.6 Å². The number of anilines is 5. The fourth-order valence-corrected chi connectivity index (χ4v) is 1.67. The summed E-state index contributed by atoms with van der Waals surface area (Å²) < 4.78 is 0. The first-order valence-corrected chi connectivity index (χ1v) is 5.95. The molecule has 0 spiro atoms. The predicted octanol–water partition coefficient (Wildman–Crippen LogP) is 1.91. The van der Waals surface area contributed by atoms with E-state index in [1.165, 1.54) is 0 Å². The van der Waals surface area contributed by atoms with Gasteiger partial charge in [-0.3, -0.25) is 0 Å². The summed E-state index contributed by atoms with van der Waals surface area (Å²) in [5.74, 6) is 1.57. The number of nitrogens with two attached hydrogens (primary N) is 1. The fraction of sp³-hybridized carbons (Fsp3) is 0.231. The van der Waals surface area contributed by atoms with Crippen LogP contribution in [0.3, 0.4) is 0 Å². The van der Waals surface area contributed by atoms with Gasteiger partial charge in [-0.15, -0.1) is 0 Å². The third kappa shape index (κ3) is 3.25. The topological polar surface area (TPSA) is 79.1 Å². The van der Waals surface area contributed by atoms with Crippen LogP contribution in [0.5, 0.6) is 0 Å². The Morgan fingerprint density at radius 1 is 1.11 bits per heavy atom. The molecule has 0 atom stereocenters. The van der Waals surface area contributed by atoms with E-state index in [-0.39, 0.29) is 5.95 Å². The molecule has 0 unspecified atom stereocenters. The highest BCUT2D eigenvalue weighted by molar-refractivity contribution is 5.65. The summed E-state index contributed by atoms with van der Waals surface area (Å²) in [6.07, 6.45) is 0. The Kier molecular flexibility index (Phi) is 3.70. The molecule has 0 aliphatic rings. The van der Waals surface area contributed by atoms with Gasteiger partial charge in [0.25, 0.3) is 0 Å². The molecule has 0 fully saturated rings. The van der Waals surface area contributed by atoms with Crippen LogP contribution in [0.4, 0.5) is 29.0 Å². The summed E-state index contributed by atoms with van der Waals surface area (Å²) in [4.78, 5) is 10.2. The van der Waals surface area contributed by atoms with Crippen LogP contribution >= 0.6 is 0 Å². The molecule has 6 heteroatoms. The minimum Gasteiger partial charge on any atom is -0.378 e. The van der Waals surface area contributed by atoms with Gasteiger partial charge in [0.1, 0.15) is 11.6 Å². The Bertz CT molecular complexity index is 567. The minimum absolute atomic E-state index is 0.234. The average molecular weight is 258 g/mol. The minimum atomic E-state index is 0.234. The SMILES string of the molecule is CNc1cc(Nc2cccc(N(C)C)c2)nc(N)n1. The van der Waals surface area contributed by atoms with E-state index in [0.717, 1.165) is 11.4 Å². The molecule has 0 aliphatic heterocycles. The second-order valence-corrected chi connectivity index (χ2v) is 4.32. The van der Waals surface area contributed by atoms with Gasteiger partial charge in [0.15, 0.2) is 0 Å². The molecule has 19 heavy (non-hydrogen) atoms. The maximum absolute atomic E-state index is 5.66. The molecule has 2 aromatic rings. The molecule has 6 nitrogen and oxygen atoms in total. The third-order valence-electron chi connectivity index (χ3n) is 2.63. The standard InChI is InChI=1S/C13H18N6/c1-15-11-8-12(18-13(14)17-11)16-9-5-4-6-10(7-9)19(2)3/h4-8H,1-3H3,(H4,14,15,16,17,18). The van der Waals surface area contributed by atoms with Crippen molar-refractivity contribution in [3.05, 3.63) is 30.3 Å². The second-order valence-electron chi connectivity index (χ2n) is 4.32. The zero-order chi connectivity index (χ0) is 13.8. The van der Waals surface area contributed by atoms with E-state index < -0.39 is 0 Å². The lowest BCUT2D eigenvalue weighted by Crippen LogP contribution is -2.08. The lowest BCUT2D eigenvalue weighted by molar-refractivity contribution is 1.13. The van der Waals surface area contributed by atoms with Crippen molar-refractivity contribution < 1.29 is 0 Å². The van der Waals surface area contributed by atoms with E-state index >= 15 is 0 Å². The zero-order valence-electron chi connectivity index (χ0n) is 11.3. The van der Waals surface area contributed by atoms with Gasteiger partial charge in [-0.25, -0.2) is 0 Å². The fourth-order valence-electron chi connectivity index (χ4n) is 1.67. The number of nitrogen functional groups attached to an aromatic ring is 1. The number of benzene rings is 1. The number of aromatic nitrogens is 2. The quantitative estimate of drug-likeness (QED) is 0.777.